The van der Waals surface area contributed by atoms with E-state index in [-0.39, 0.29) is 4.65 Å². The number of unbranched alkanes of at least 4 members (excludes halogenated alkanes) is 4. The van der Waals surface area contributed by atoms with Crippen LogP contribution < -0.4 is 0 Å². The molecule has 3 heteroatoms. The van der Waals surface area contributed by atoms with Gasteiger partial charge < -0.3 is 15.0 Å². The van der Waals surface area contributed by atoms with Gasteiger partial charge in [-0.15, -0.1) is 0 Å². The maximum absolute atomic E-state index is 11.9. The SMILES string of the molecule is CCCCCCCC(O)C=C[N+]([O-])(CC)CC. The van der Waals surface area contributed by atoms with Crippen molar-refractivity contribution in [1.82, 2.24) is 0 Å². The molecule has 0 bridgehead atoms. The molecule has 0 aliphatic rings. The first-order valence-electron chi connectivity index (χ1n) is 7.03. The van der Waals surface area contributed by atoms with Crippen LogP contribution in [0.3, 0.4) is 0 Å². The predicted octanol–water partition coefficient (Wildman–Crippen LogP) is 3.58. The molecule has 0 aromatic rings. The molecule has 0 spiro atoms. The second kappa shape index (κ2) is 9.63. The van der Waals surface area contributed by atoms with E-state index in [4.69, 9.17) is 0 Å². The predicted molar refractivity (Wildman–Crippen MR) is 73.2 cm³/mol. The Morgan fingerprint density at radius 2 is 1.65 bits per heavy atom. The zero-order valence-electron chi connectivity index (χ0n) is 11.7. The maximum atomic E-state index is 11.9. The third kappa shape index (κ3) is 8.36. The van der Waals surface area contributed by atoms with E-state index in [0.29, 0.717) is 13.1 Å². The lowest BCUT2D eigenvalue weighted by Crippen LogP contribution is -2.35. The first-order chi connectivity index (χ1) is 8.08. The molecule has 3 nitrogen and oxygen atoms in total. The molecule has 0 fully saturated rings. The second-order valence-electron chi connectivity index (χ2n) is 4.70. The Kier molecular flexibility index (Phi) is 9.41. The van der Waals surface area contributed by atoms with Gasteiger partial charge in [0.2, 0.25) is 0 Å². The molecule has 0 aliphatic carbocycles. The lowest BCUT2D eigenvalue weighted by molar-refractivity contribution is -0.825. The van der Waals surface area contributed by atoms with Crippen LogP contribution in [0, 0.1) is 5.21 Å². The summed E-state index contributed by atoms with van der Waals surface area (Å²) in [5, 5.41) is 21.6. The van der Waals surface area contributed by atoms with Crippen LogP contribution in [-0.4, -0.2) is 28.9 Å². The Balaban J connectivity index is 3.77. The van der Waals surface area contributed by atoms with E-state index in [9.17, 15) is 10.3 Å². The van der Waals surface area contributed by atoms with Crippen LogP contribution >= 0.6 is 0 Å². The van der Waals surface area contributed by atoms with Gasteiger partial charge >= 0.3 is 0 Å². The summed E-state index contributed by atoms with van der Waals surface area (Å²) in [6.07, 6.45) is 9.56. The molecular weight excluding hydrogens is 214 g/mol. The van der Waals surface area contributed by atoms with Crippen molar-refractivity contribution in [3.8, 4) is 0 Å². The summed E-state index contributed by atoms with van der Waals surface area (Å²) < 4.78 is -0.340. The topological polar surface area (TPSA) is 43.3 Å². The average Bonchev–Trinajstić information content (AvgIpc) is 2.35. The van der Waals surface area contributed by atoms with Gasteiger partial charge in [-0.25, -0.2) is 0 Å². The number of quaternary nitrogens is 1. The van der Waals surface area contributed by atoms with E-state index in [2.05, 4.69) is 6.92 Å². The summed E-state index contributed by atoms with van der Waals surface area (Å²) in [4.78, 5) is 0. The van der Waals surface area contributed by atoms with Gasteiger partial charge in [-0.05, 0) is 26.3 Å². The minimum atomic E-state index is -0.457. The highest BCUT2D eigenvalue weighted by Gasteiger charge is 2.08. The number of rotatable bonds is 10. The zero-order valence-corrected chi connectivity index (χ0v) is 11.7. The molecule has 0 rings (SSSR count). The third-order valence-corrected chi connectivity index (χ3v) is 3.25. The van der Waals surface area contributed by atoms with Gasteiger partial charge in [0, 0.05) is 0 Å². The lowest BCUT2D eigenvalue weighted by Gasteiger charge is -2.36. The van der Waals surface area contributed by atoms with Crippen LogP contribution in [-0.2, 0) is 0 Å². The van der Waals surface area contributed by atoms with Crippen molar-refractivity contribution in [3.63, 3.8) is 0 Å². The van der Waals surface area contributed by atoms with E-state index in [1.165, 1.54) is 25.7 Å². The molecule has 0 saturated carbocycles. The molecule has 0 heterocycles. The first kappa shape index (κ1) is 16.6. The first-order valence-corrected chi connectivity index (χ1v) is 7.03. The molecule has 0 amide bonds. The Morgan fingerprint density at radius 3 is 2.18 bits per heavy atom. The van der Waals surface area contributed by atoms with Crippen LogP contribution in [0.1, 0.15) is 59.3 Å². The van der Waals surface area contributed by atoms with E-state index in [1.807, 2.05) is 13.8 Å². The Bertz CT molecular complexity index is 200. The minimum Gasteiger partial charge on any atom is -0.628 e. The number of hydroxylamine groups is 3. The summed E-state index contributed by atoms with van der Waals surface area (Å²) in [5.41, 5.74) is 0. The molecular formula is C14H29NO2. The molecule has 1 unspecified atom stereocenters. The van der Waals surface area contributed by atoms with Crippen LogP contribution in [0.15, 0.2) is 12.3 Å². The molecule has 102 valence electrons. The van der Waals surface area contributed by atoms with Gasteiger partial charge in [0.05, 0.1) is 25.4 Å². The highest BCUT2D eigenvalue weighted by Crippen LogP contribution is 2.10. The molecule has 1 atom stereocenters. The van der Waals surface area contributed by atoms with Crippen molar-refractivity contribution < 1.29 is 9.75 Å². The molecule has 1 N–H and O–H groups in total. The summed E-state index contributed by atoms with van der Waals surface area (Å²) >= 11 is 0. The van der Waals surface area contributed by atoms with E-state index < -0.39 is 6.10 Å². The van der Waals surface area contributed by atoms with Crippen molar-refractivity contribution in [2.75, 3.05) is 13.1 Å². The standard InChI is InChI=1S/C14H29NO2/c1-4-7-8-9-10-11-14(16)12-13-15(17,5-2)6-3/h12-14,16H,4-11H2,1-3H3. The molecule has 0 aromatic carbocycles. The Morgan fingerprint density at radius 1 is 1.06 bits per heavy atom. The van der Waals surface area contributed by atoms with Crippen LogP contribution in [0.2, 0.25) is 0 Å². The summed E-state index contributed by atoms with van der Waals surface area (Å²) in [7, 11) is 0. The maximum Gasteiger partial charge on any atom is 0.0944 e. The summed E-state index contributed by atoms with van der Waals surface area (Å²) in [6, 6.07) is 0. The highest BCUT2D eigenvalue weighted by molar-refractivity contribution is 4.83. The molecule has 0 aliphatic heterocycles. The van der Waals surface area contributed by atoms with Gasteiger partial charge in [-0.2, -0.15) is 0 Å². The highest BCUT2D eigenvalue weighted by atomic mass is 16.5. The van der Waals surface area contributed by atoms with Crippen molar-refractivity contribution in [2.45, 2.75) is 65.4 Å². The lowest BCUT2D eigenvalue weighted by atomic mass is 10.1. The Labute approximate surface area is 106 Å². The van der Waals surface area contributed by atoms with Crippen molar-refractivity contribution in [3.05, 3.63) is 17.5 Å². The molecule has 17 heavy (non-hydrogen) atoms. The fourth-order valence-electron chi connectivity index (χ4n) is 1.74. The van der Waals surface area contributed by atoms with Gasteiger partial charge in [0.25, 0.3) is 0 Å². The number of aliphatic hydroxyl groups is 1. The molecule has 0 saturated heterocycles. The fourth-order valence-corrected chi connectivity index (χ4v) is 1.74. The quantitative estimate of drug-likeness (QED) is 0.362. The number of nitrogens with zero attached hydrogens (tertiary/aromatic N) is 1. The van der Waals surface area contributed by atoms with Crippen LogP contribution in [0.5, 0.6) is 0 Å². The molecule has 0 aromatic heterocycles. The van der Waals surface area contributed by atoms with E-state index in [0.717, 1.165) is 12.8 Å². The van der Waals surface area contributed by atoms with Crippen LogP contribution in [0.25, 0.3) is 0 Å². The molecule has 0 radical (unpaired) electrons. The monoisotopic (exact) mass is 243 g/mol. The van der Waals surface area contributed by atoms with Gasteiger partial charge in [-0.1, -0.05) is 39.0 Å². The fraction of sp³-hybridized carbons (Fsp3) is 0.857. The Hall–Kier alpha value is -0.380. The minimum absolute atomic E-state index is 0.340. The van der Waals surface area contributed by atoms with Gasteiger partial charge in [0.1, 0.15) is 0 Å². The van der Waals surface area contributed by atoms with Crippen molar-refractivity contribution >= 4 is 0 Å². The average molecular weight is 243 g/mol. The smallest absolute Gasteiger partial charge is 0.0944 e. The normalized spacial score (nSPS) is 14.4. The van der Waals surface area contributed by atoms with E-state index in [1.54, 1.807) is 12.3 Å². The zero-order chi connectivity index (χ0) is 13.1. The van der Waals surface area contributed by atoms with Gasteiger partial charge in [-0.3, -0.25) is 0 Å². The van der Waals surface area contributed by atoms with Gasteiger partial charge in [0.15, 0.2) is 0 Å². The van der Waals surface area contributed by atoms with Crippen molar-refractivity contribution in [2.24, 2.45) is 0 Å². The number of hydrogen-bond acceptors (Lipinski definition) is 2. The number of hydrogen-bond donors (Lipinski definition) is 1. The second-order valence-corrected chi connectivity index (χ2v) is 4.70. The number of aliphatic hydroxyl groups excluding tert-OH is 1. The summed E-state index contributed by atoms with van der Waals surface area (Å²) in [6.45, 7) is 6.99. The largest absolute Gasteiger partial charge is 0.628 e. The third-order valence-electron chi connectivity index (χ3n) is 3.25. The van der Waals surface area contributed by atoms with Crippen LogP contribution in [0.4, 0.5) is 0 Å². The van der Waals surface area contributed by atoms with Crippen molar-refractivity contribution in [1.29, 1.82) is 0 Å². The van der Waals surface area contributed by atoms with E-state index >= 15 is 0 Å². The summed E-state index contributed by atoms with van der Waals surface area (Å²) in [5.74, 6) is 0.